The summed E-state index contributed by atoms with van der Waals surface area (Å²) >= 11 is 0.970. The smallest absolute Gasteiger partial charge is 0.345 e. The summed E-state index contributed by atoms with van der Waals surface area (Å²) < 4.78 is 0. The van der Waals surface area contributed by atoms with E-state index in [4.69, 9.17) is 5.11 Å². The number of carbonyl (C=O) groups is 2. The quantitative estimate of drug-likeness (QED) is 0.592. The number of hydrogen-bond donors (Lipinski definition) is 2. The fourth-order valence-corrected chi connectivity index (χ4v) is 1.71. The zero-order valence-electron chi connectivity index (χ0n) is 8.03. The van der Waals surface area contributed by atoms with Crippen molar-refractivity contribution in [3.05, 3.63) is 34.5 Å². The molecule has 1 amide bonds. The summed E-state index contributed by atoms with van der Waals surface area (Å²) in [5.74, 6) is -1.25. The molecule has 0 spiro atoms. The van der Waals surface area contributed by atoms with Crippen LogP contribution in [0, 0.1) is 0 Å². The molecule has 0 radical (unpaired) electrons. The van der Waals surface area contributed by atoms with E-state index in [1.54, 1.807) is 6.08 Å². The van der Waals surface area contributed by atoms with E-state index in [0.29, 0.717) is 17.8 Å². The van der Waals surface area contributed by atoms with Crippen molar-refractivity contribution in [1.82, 2.24) is 5.32 Å². The number of thiophene rings is 1. The molecule has 0 unspecified atom stereocenters. The molecule has 4 nitrogen and oxygen atoms in total. The maximum Gasteiger partial charge on any atom is 0.345 e. The van der Waals surface area contributed by atoms with Crippen LogP contribution in [0.3, 0.4) is 0 Å². The number of carboxylic acid groups (broad SMARTS) is 1. The zero-order valence-corrected chi connectivity index (χ0v) is 8.84. The standard InChI is InChI=1S/C10H11NO3S/c1-2-3-6-11-9(12)7-4-5-8(15-7)10(13)14/h2,4-5H,1,3,6H2,(H,11,12)(H,13,14). The molecule has 1 aromatic heterocycles. The minimum Gasteiger partial charge on any atom is -0.477 e. The second kappa shape index (κ2) is 5.31. The van der Waals surface area contributed by atoms with Crippen LogP contribution in [0.5, 0.6) is 0 Å². The number of aromatic carboxylic acids is 1. The first kappa shape index (κ1) is 11.5. The van der Waals surface area contributed by atoms with Crippen molar-refractivity contribution in [2.75, 3.05) is 6.54 Å². The molecule has 0 aromatic carbocycles. The second-order valence-corrected chi connectivity index (χ2v) is 3.89. The van der Waals surface area contributed by atoms with Gasteiger partial charge >= 0.3 is 5.97 Å². The molecular formula is C10H11NO3S. The van der Waals surface area contributed by atoms with Crippen molar-refractivity contribution in [1.29, 1.82) is 0 Å². The van der Waals surface area contributed by atoms with Crippen molar-refractivity contribution < 1.29 is 14.7 Å². The monoisotopic (exact) mass is 225 g/mol. The largest absolute Gasteiger partial charge is 0.477 e. The molecule has 0 aliphatic carbocycles. The maximum absolute atomic E-state index is 11.4. The summed E-state index contributed by atoms with van der Waals surface area (Å²) in [6, 6.07) is 2.94. The fourth-order valence-electron chi connectivity index (χ4n) is 0.950. The van der Waals surface area contributed by atoms with Gasteiger partial charge in [0.1, 0.15) is 4.88 Å². The molecule has 2 N–H and O–H groups in total. The van der Waals surface area contributed by atoms with Crippen LogP contribution in [0.4, 0.5) is 0 Å². The molecule has 1 aromatic rings. The Morgan fingerprint density at radius 2 is 2.13 bits per heavy atom. The first-order valence-corrected chi connectivity index (χ1v) is 5.19. The van der Waals surface area contributed by atoms with E-state index >= 15 is 0 Å². The Morgan fingerprint density at radius 1 is 1.47 bits per heavy atom. The Labute approximate surface area is 91.2 Å². The van der Waals surface area contributed by atoms with E-state index < -0.39 is 5.97 Å². The number of rotatable bonds is 5. The minimum atomic E-state index is -1.01. The molecule has 80 valence electrons. The average Bonchev–Trinajstić information content (AvgIpc) is 2.66. The SMILES string of the molecule is C=CCCNC(=O)c1ccc(C(=O)O)s1. The van der Waals surface area contributed by atoms with Crippen LogP contribution in [0.15, 0.2) is 24.8 Å². The highest BCUT2D eigenvalue weighted by atomic mass is 32.1. The van der Waals surface area contributed by atoms with Gasteiger partial charge in [0.15, 0.2) is 0 Å². The van der Waals surface area contributed by atoms with Gasteiger partial charge in [0.05, 0.1) is 4.88 Å². The van der Waals surface area contributed by atoms with Gasteiger partial charge in [-0.2, -0.15) is 0 Å². The third kappa shape index (κ3) is 3.21. The zero-order chi connectivity index (χ0) is 11.3. The van der Waals surface area contributed by atoms with Crippen molar-refractivity contribution in [3.8, 4) is 0 Å². The first-order valence-electron chi connectivity index (χ1n) is 4.37. The predicted molar refractivity (Wildman–Crippen MR) is 58.4 cm³/mol. The van der Waals surface area contributed by atoms with Crippen molar-refractivity contribution >= 4 is 23.2 Å². The molecule has 0 fully saturated rings. The molecule has 5 heteroatoms. The van der Waals surface area contributed by atoms with Gasteiger partial charge < -0.3 is 10.4 Å². The molecule has 1 rings (SSSR count). The van der Waals surface area contributed by atoms with Crippen molar-refractivity contribution in [3.63, 3.8) is 0 Å². The van der Waals surface area contributed by atoms with Gasteiger partial charge in [0.25, 0.3) is 5.91 Å². The van der Waals surface area contributed by atoms with E-state index in [-0.39, 0.29) is 10.8 Å². The highest BCUT2D eigenvalue weighted by molar-refractivity contribution is 7.15. The lowest BCUT2D eigenvalue weighted by Crippen LogP contribution is -2.23. The topological polar surface area (TPSA) is 66.4 Å². The molecule has 0 aliphatic rings. The molecule has 1 heterocycles. The Hall–Kier alpha value is -1.62. The van der Waals surface area contributed by atoms with Gasteiger partial charge in [-0.1, -0.05) is 6.08 Å². The van der Waals surface area contributed by atoms with Gasteiger partial charge in [0, 0.05) is 6.54 Å². The summed E-state index contributed by atoms with van der Waals surface area (Å²) in [7, 11) is 0. The number of nitrogens with one attached hydrogen (secondary N) is 1. The molecule has 15 heavy (non-hydrogen) atoms. The summed E-state index contributed by atoms with van der Waals surface area (Å²) in [6.07, 6.45) is 2.40. The molecule has 0 aliphatic heterocycles. The summed E-state index contributed by atoms with van der Waals surface area (Å²) in [5.41, 5.74) is 0. The van der Waals surface area contributed by atoms with Crippen LogP contribution in [0.1, 0.15) is 25.8 Å². The Kier molecular flexibility index (Phi) is 4.05. The van der Waals surface area contributed by atoms with Crippen LogP contribution in [0.2, 0.25) is 0 Å². The van der Waals surface area contributed by atoms with Crippen LogP contribution < -0.4 is 5.32 Å². The number of hydrogen-bond acceptors (Lipinski definition) is 3. The third-order valence-corrected chi connectivity index (χ3v) is 2.75. The Morgan fingerprint density at radius 3 is 2.67 bits per heavy atom. The van der Waals surface area contributed by atoms with E-state index in [2.05, 4.69) is 11.9 Å². The van der Waals surface area contributed by atoms with Gasteiger partial charge in [0.2, 0.25) is 0 Å². The molecule has 0 bridgehead atoms. The Bertz CT molecular complexity index is 384. The molecule has 0 saturated carbocycles. The number of amides is 1. The number of carbonyl (C=O) groups excluding carboxylic acids is 1. The fraction of sp³-hybridized carbons (Fsp3) is 0.200. The second-order valence-electron chi connectivity index (χ2n) is 2.80. The number of carboxylic acids is 1. The van der Waals surface area contributed by atoms with Crippen molar-refractivity contribution in [2.24, 2.45) is 0 Å². The van der Waals surface area contributed by atoms with Gasteiger partial charge in [-0.05, 0) is 18.6 Å². The van der Waals surface area contributed by atoms with Crippen LogP contribution in [0.25, 0.3) is 0 Å². The maximum atomic E-state index is 11.4. The first-order chi connectivity index (χ1) is 7.15. The summed E-state index contributed by atoms with van der Waals surface area (Å²) in [6.45, 7) is 4.05. The lowest BCUT2D eigenvalue weighted by atomic mass is 10.4. The van der Waals surface area contributed by atoms with Crippen LogP contribution >= 0.6 is 11.3 Å². The van der Waals surface area contributed by atoms with Crippen molar-refractivity contribution in [2.45, 2.75) is 6.42 Å². The van der Waals surface area contributed by atoms with Gasteiger partial charge in [-0.3, -0.25) is 4.79 Å². The van der Waals surface area contributed by atoms with Crippen LogP contribution in [-0.2, 0) is 0 Å². The summed E-state index contributed by atoms with van der Waals surface area (Å²) in [5, 5.41) is 11.3. The highest BCUT2D eigenvalue weighted by Crippen LogP contribution is 2.15. The van der Waals surface area contributed by atoms with E-state index in [1.807, 2.05) is 0 Å². The van der Waals surface area contributed by atoms with E-state index in [0.717, 1.165) is 11.3 Å². The van der Waals surface area contributed by atoms with Crippen LogP contribution in [-0.4, -0.2) is 23.5 Å². The molecule has 0 saturated heterocycles. The Balaban J connectivity index is 2.58. The predicted octanol–water partition coefficient (Wildman–Crippen LogP) is 1.75. The minimum absolute atomic E-state index is 0.170. The lowest BCUT2D eigenvalue weighted by molar-refractivity contribution is 0.0702. The average molecular weight is 225 g/mol. The van der Waals surface area contributed by atoms with Gasteiger partial charge in [-0.15, -0.1) is 17.9 Å². The van der Waals surface area contributed by atoms with Gasteiger partial charge in [-0.25, -0.2) is 4.79 Å². The highest BCUT2D eigenvalue weighted by Gasteiger charge is 2.11. The lowest BCUT2D eigenvalue weighted by Gasteiger charge is -1.99. The summed E-state index contributed by atoms with van der Waals surface area (Å²) in [4.78, 5) is 22.6. The molecular weight excluding hydrogens is 214 g/mol. The van der Waals surface area contributed by atoms with E-state index in [1.165, 1.54) is 12.1 Å². The molecule has 0 atom stereocenters. The third-order valence-electron chi connectivity index (χ3n) is 1.67. The van der Waals surface area contributed by atoms with E-state index in [9.17, 15) is 9.59 Å². The normalized spacial score (nSPS) is 9.60.